The molecule has 0 N–H and O–H groups in total. The van der Waals surface area contributed by atoms with Gasteiger partial charge in [-0.1, -0.05) is 30.3 Å². The monoisotopic (exact) mass is 298 g/mol. The van der Waals surface area contributed by atoms with Crippen molar-refractivity contribution in [3.05, 3.63) is 60.1 Å². The van der Waals surface area contributed by atoms with Crippen LogP contribution >= 0.6 is 0 Å². The number of carbonyl (C=O) groups excluding carboxylic acids is 1. The molecule has 4 nitrogen and oxygen atoms in total. The zero-order valence-electron chi connectivity index (χ0n) is 12.9. The van der Waals surface area contributed by atoms with Crippen molar-refractivity contribution in [2.24, 2.45) is 0 Å². The van der Waals surface area contributed by atoms with Gasteiger partial charge in [0.05, 0.1) is 12.3 Å². The van der Waals surface area contributed by atoms with Gasteiger partial charge in [0.2, 0.25) is 5.91 Å². The van der Waals surface area contributed by atoms with Crippen molar-refractivity contribution in [3.63, 3.8) is 0 Å². The maximum Gasteiger partial charge on any atom is 0.223 e. The first-order valence-corrected chi connectivity index (χ1v) is 7.79. The second-order valence-electron chi connectivity index (χ2n) is 5.83. The molecule has 4 heteroatoms. The van der Waals surface area contributed by atoms with Gasteiger partial charge in [0.15, 0.2) is 0 Å². The first kappa shape index (κ1) is 14.9. The molecule has 1 aliphatic heterocycles. The Bertz CT molecular complexity index is 595. The van der Waals surface area contributed by atoms with Crippen LogP contribution in [-0.2, 0) is 11.2 Å². The lowest BCUT2D eigenvalue weighted by atomic mass is 10.0. The standard InChI is InChI=1S/C18H22N2O2/c1-19-11-12-20(14-17(19)15-6-3-2-4-7-15)18(21)10-9-16-8-5-13-22-16/h2-8,13,17H,9-12,14H2,1H3. The number of hydrogen-bond donors (Lipinski definition) is 0. The minimum Gasteiger partial charge on any atom is -0.469 e. The molecule has 3 rings (SSSR count). The average molecular weight is 298 g/mol. The van der Waals surface area contributed by atoms with Gasteiger partial charge in [-0.25, -0.2) is 0 Å². The molecular formula is C18H22N2O2. The molecule has 1 amide bonds. The Kier molecular flexibility index (Phi) is 4.59. The highest BCUT2D eigenvalue weighted by Crippen LogP contribution is 2.24. The molecule has 1 fully saturated rings. The highest BCUT2D eigenvalue weighted by molar-refractivity contribution is 5.76. The Balaban J connectivity index is 1.61. The summed E-state index contributed by atoms with van der Waals surface area (Å²) < 4.78 is 5.30. The Labute approximate surface area is 131 Å². The van der Waals surface area contributed by atoms with Crippen molar-refractivity contribution in [1.82, 2.24) is 9.80 Å². The SMILES string of the molecule is CN1CCN(C(=O)CCc2ccco2)CC1c1ccccc1. The van der Waals surface area contributed by atoms with Gasteiger partial charge >= 0.3 is 0 Å². The Morgan fingerprint density at radius 1 is 1.18 bits per heavy atom. The van der Waals surface area contributed by atoms with Gasteiger partial charge in [-0.2, -0.15) is 0 Å². The van der Waals surface area contributed by atoms with Crippen molar-refractivity contribution in [1.29, 1.82) is 0 Å². The molecule has 1 saturated heterocycles. The fraction of sp³-hybridized carbons (Fsp3) is 0.389. The number of rotatable bonds is 4. The molecule has 1 unspecified atom stereocenters. The zero-order valence-corrected chi connectivity index (χ0v) is 12.9. The van der Waals surface area contributed by atoms with E-state index in [4.69, 9.17) is 4.42 Å². The summed E-state index contributed by atoms with van der Waals surface area (Å²) in [5, 5.41) is 0. The van der Waals surface area contributed by atoms with E-state index in [1.165, 1.54) is 5.56 Å². The van der Waals surface area contributed by atoms with Crippen LogP contribution in [0.3, 0.4) is 0 Å². The number of carbonyl (C=O) groups is 1. The van der Waals surface area contributed by atoms with Crippen LogP contribution in [0.2, 0.25) is 0 Å². The van der Waals surface area contributed by atoms with Crippen molar-refractivity contribution in [2.45, 2.75) is 18.9 Å². The van der Waals surface area contributed by atoms with E-state index in [9.17, 15) is 4.79 Å². The predicted molar refractivity (Wildman–Crippen MR) is 85.4 cm³/mol. The summed E-state index contributed by atoms with van der Waals surface area (Å²) in [6, 6.07) is 14.5. The molecule has 1 aromatic carbocycles. The summed E-state index contributed by atoms with van der Waals surface area (Å²) >= 11 is 0. The highest BCUT2D eigenvalue weighted by atomic mass is 16.3. The quantitative estimate of drug-likeness (QED) is 0.871. The third-order valence-corrected chi connectivity index (χ3v) is 4.35. The smallest absolute Gasteiger partial charge is 0.223 e. The van der Waals surface area contributed by atoms with E-state index in [0.29, 0.717) is 12.8 Å². The van der Waals surface area contributed by atoms with Gasteiger partial charge in [-0.3, -0.25) is 9.69 Å². The van der Waals surface area contributed by atoms with Gasteiger partial charge in [0.25, 0.3) is 0 Å². The normalized spacial score (nSPS) is 19.3. The molecule has 1 aliphatic rings. The van der Waals surface area contributed by atoms with Crippen LogP contribution in [0.4, 0.5) is 0 Å². The summed E-state index contributed by atoms with van der Waals surface area (Å²) in [4.78, 5) is 16.8. The molecule has 1 aromatic heterocycles. The number of benzene rings is 1. The fourth-order valence-corrected chi connectivity index (χ4v) is 2.98. The van der Waals surface area contributed by atoms with Gasteiger partial charge in [0.1, 0.15) is 5.76 Å². The molecule has 0 spiro atoms. The second kappa shape index (κ2) is 6.79. The number of aryl methyl sites for hydroxylation is 1. The van der Waals surface area contributed by atoms with E-state index in [-0.39, 0.29) is 11.9 Å². The van der Waals surface area contributed by atoms with Gasteiger partial charge < -0.3 is 9.32 Å². The molecule has 0 aliphatic carbocycles. The second-order valence-corrected chi connectivity index (χ2v) is 5.83. The molecule has 0 bridgehead atoms. The van der Waals surface area contributed by atoms with Crippen LogP contribution in [0.1, 0.15) is 23.8 Å². The summed E-state index contributed by atoms with van der Waals surface area (Å²) in [5.41, 5.74) is 1.27. The summed E-state index contributed by atoms with van der Waals surface area (Å²) in [6.45, 7) is 2.47. The number of piperazine rings is 1. The summed E-state index contributed by atoms with van der Waals surface area (Å²) in [5.74, 6) is 1.09. The largest absolute Gasteiger partial charge is 0.469 e. The highest BCUT2D eigenvalue weighted by Gasteiger charge is 2.28. The maximum atomic E-state index is 12.4. The first-order chi connectivity index (χ1) is 10.7. The fourth-order valence-electron chi connectivity index (χ4n) is 2.98. The van der Waals surface area contributed by atoms with Crippen LogP contribution < -0.4 is 0 Å². The Morgan fingerprint density at radius 3 is 2.73 bits per heavy atom. The van der Waals surface area contributed by atoms with E-state index in [1.807, 2.05) is 23.1 Å². The lowest BCUT2D eigenvalue weighted by Crippen LogP contribution is -2.49. The minimum absolute atomic E-state index is 0.213. The Morgan fingerprint density at radius 2 is 2.00 bits per heavy atom. The molecule has 0 saturated carbocycles. The number of hydrogen-bond acceptors (Lipinski definition) is 3. The van der Waals surface area contributed by atoms with E-state index >= 15 is 0 Å². The van der Waals surface area contributed by atoms with E-state index in [0.717, 1.165) is 25.4 Å². The molecular weight excluding hydrogens is 276 g/mol. The van der Waals surface area contributed by atoms with Crippen molar-refractivity contribution in [3.8, 4) is 0 Å². The molecule has 2 aromatic rings. The third-order valence-electron chi connectivity index (χ3n) is 4.35. The zero-order chi connectivity index (χ0) is 15.4. The van der Waals surface area contributed by atoms with Gasteiger partial charge in [-0.15, -0.1) is 0 Å². The third kappa shape index (κ3) is 3.39. The lowest BCUT2D eigenvalue weighted by molar-refractivity contribution is -0.134. The van der Waals surface area contributed by atoms with Crippen LogP contribution in [0.15, 0.2) is 53.1 Å². The maximum absolute atomic E-state index is 12.4. The van der Waals surface area contributed by atoms with Crippen LogP contribution in [-0.4, -0.2) is 42.4 Å². The van der Waals surface area contributed by atoms with Crippen LogP contribution in [0.25, 0.3) is 0 Å². The van der Waals surface area contributed by atoms with Gasteiger partial charge in [0, 0.05) is 32.5 Å². The van der Waals surface area contributed by atoms with Crippen molar-refractivity contribution >= 4 is 5.91 Å². The average Bonchev–Trinajstić information content (AvgIpc) is 3.07. The van der Waals surface area contributed by atoms with Crippen LogP contribution in [0, 0.1) is 0 Å². The van der Waals surface area contributed by atoms with E-state index < -0.39 is 0 Å². The molecule has 22 heavy (non-hydrogen) atoms. The van der Waals surface area contributed by atoms with E-state index in [1.54, 1.807) is 6.26 Å². The summed E-state index contributed by atoms with van der Waals surface area (Å²) in [6.07, 6.45) is 2.84. The minimum atomic E-state index is 0.213. The number of likely N-dealkylation sites (N-methyl/N-ethyl adjacent to an activating group) is 1. The van der Waals surface area contributed by atoms with E-state index in [2.05, 4.69) is 36.2 Å². The summed E-state index contributed by atoms with van der Waals surface area (Å²) in [7, 11) is 2.13. The molecule has 116 valence electrons. The van der Waals surface area contributed by atoms with Crippen LogP contribution in [0.5, 0.6) is 0 Å². The number of furan rings is 1. The topological polar surface area (TPSA) is 36.7 Å². The van der Waals surface area contributed by atoms with Crippen molar-refractivity contribution < 1.29 is 9.21 Å². The lowest BCUT2D eigenvalue weighted by Gasteiger charge is -2.39. The number of nitrogens with zero attached hydrogens (tertiary/aromatic N) is 2. The molecule has 2 heterocycles. The predicted octanol–water partition coefficient (Wildman–Crippen LogP) is 2.73. The Hall–Kier alpha value is -2.07. The van der Waals surface area contributed by atoms with Gasteiger partial charge in [-0.05, 0) is 24.7 Å². The number of amides is 1. The van der Waals surface area contributed by atoms with Crippen molar-refractivity contribution in [2.75, 3.05) is 26.7 Å². The molecule has 1 atom stereocenters. The first-order valence-electron chi connectivity index (χ1n) is 7.79. The molecule has 0 radical (unpaired) electrons.